The van der Waals surface area contributed by atoms with Crippen molar-refractivity contribution in [2.75, 3.05) is 32.3 Å². The van der Waals surface area contributed by atoms with E-state index in [4.69, 9.17) is 14.2 Å². The van der Waals surface area contributed by atoms with Crippen molar-refractivity contribution in [2.45, 2.75) is 19.4 Å². The van der Waals surface area contributed by atoms with Crippen molar-refractivity contribution in [2.24, 2.45) is 5.10 Å². The minimum absolute atomic E-state index is 0.127. The number of carbonyl (C=O) groups excluding carboxylic acids is 2. The van der Waals surface area contributed by atoms with Gasteiger partial charge in [0.1, 0.15) is 0 Å². The first-order valence-corrected chi connectivity index (χ1v) is 11.5. The fraction of sp³-hybridized carbons (Fsp3) is 0.381. The van der Waals surface area contributed by atoms with Gasteiger partial charge in [-0.1, -0.05) is 18.2 Å². The predicted molar refractivity (Wildman–Crippen MR) is 119 cm³/mol. The van der Waals surface area contributed by atoms with E-state index < -0.39 is 0 Å². The second kappa shape index (κ2) is 10.5. The fourth-order valence-corrected chi connectivity index (χ4v) is 4.62. The predicted octanol–water partition coefficient (Wildman–Crippen LogP) is 3.74. The molecule has 2 aromatic rings. The van der Waals surface area contributed by atoms with E-state index in [2.05, 4.69) is 5.10 Å². The van der Waals surface area contributed by atoms with Crippen LogP contribution in [0.1, 0.15) is 29.8 Å². The van der Waals surface area contributed by atoms with Crippen LogP contribution in [-0.4, -0.2) is 54.9 Å². The summed E-state index contributed by atoms with van der Waals surface area (Å²) in [5, 5.41) is 8.13. The zero-order chi connectivity index (χ0) is 21.5. The number of thiophene rings is 1. The number of methoxy groups -OCH3 is 2. The van der Waals surface area contributed by atoms with Gasteiger partial charge >= 0.3 is 5.97 Å². The lowest BCUT2D eigenvalue weighted by molar-refractivity contribution is -0.139. The number of hydrogen-bond acceptors (Lipinski definition) is 8. The monoisotopic (exact) mass is 448 g/mol. The van der Waals surface area contributed by atoms with Gasteiger partial charge in [0.2, 0.25) is 0 Å². The number of nitrogens with zero attached hydrogens (tertiary/aromatic N) is 2. The molecule has 0 spiro atoms. The number of esters is 1. The van der Waals surface area contributed by atoms with Gasteiger partial charge < -0.3 is 14.2 Å². The van der Waals surface area contributed by atoms with Gasteiger partial charge in [0, 0.05) is 12.0 Å². The summed E-state index contributed by atoms with van der Waals surface area (Å²) in [6, 6.07) is 9.25. The minimum Gasteiger partial charge on any atom is -0.493 e. The summed E-state index contributed by atoms with van der Waals surface area (Å²) < 4.78 is 15.9. The van der Waals surface area contributed by atoms with Crippen molar-refractivity contribution >= 4 is 40.7 Å². The highest BCUT2D eigenvalue weighted by Crippen LogP contribution is 2.42. The lowest BCUT2D eigenvalue weighted by Crippen LogP contribution is -2.29. The number of para-hydroxylation sites is 1. The number of benzene rings is 1. The van der Waals surface area contributed by atoms with E-state index in [1.54, 1.807) is 32.5 Å². The van der Waals surface area contributed by atoms with Crippen LogP contribution in [-0.2, 0) is 14.3 Å². The van der Waals surface area contributed by atoms with Gasteiger partial charge in [-0.25, -0.2) is 5.01 Å². The number of hydrazone groups is 1. The third-order valence-electron chi connectivity index (χ3n) is 4.51. The summed E-state index contributed by atoms with van der Waals surface area (Å²) in [6.07, 6.45) is 0.568. The van der Waals surface area contributed by atoms with Crippen LogP contribution in [0.4, 0.5) is 0 Å². The molecule has 7 nitrogen and oxygen atoms in total. The molecule has 30 heavy (non-hydrogen) atoms. The molecule has 1 amide bonds. The van der Waals surface area contributed by atoms with Crippen LogP contribution in [0, 0.1) is 0 Å². The van der Waals surface area contributed by atoms with Crippen LogP contribution in [0.3, 0.4) is 0 Å². The van der Waals surface area contributed by atoms with Crippen LogP contribution in [0.15, 0.2) is 40.8 Å². The topological polar surface area (TPSA) is 77.4 Å². The molecule has 9 heteroatoms. The maximum Gasteiger partial charge on any atom is 0.315 e. The maximum atomic E-state index is 13.0. The molecule has 1 aromatic carbocycles. The summed E-state index contributed by atoms with van der Waals surface area (Å²) in [4.78, 5) is 25.6. The summed E-state index contributed by atoms with van der Waals surface area (Å²) in [5.41, 5.74) is 1.68. The highest BCUT2D eigenvalue weighted by atomic mass is 32.2. The van der Waals surface area contributed by atoms with Crippen molar-refractivity contribution in [3.8, 4) is 11.5 Å². The maximum absolute atomic E-state index is 13.0. The largest absolute Gasteiger partial charge is 0.493 e. The summed E-state index contributed by atoms with van der Waals surface area (Å²) >= 11 is 2.81. The highest BCUT2D eigenvalue weighted by Gasteiger charge is 2.35. The smallest absolute Gasteiger partial charge is 0.315 e. The van der Waals surface area contributed by atoms with Crippen molar-refractivity contribution < 1.29 is 23.8 Å². The van der Waals surface area contributed by atoms with Crippen molar-refractivity contribution in [3.63, 3.8) is 0 Å². The molecule has 0 unspecified atom stereocenters. The van der Waals surface area contributed by atoms with E-state index in [1.807, 2.05) is 35.7 Å². The quantitative estimate of drug-likeness (QED) is 0.544. The van der Waals surface area contributed by atoms with E-state index in [-0.39, 0.29) is 29.4 Å². The molecule has 1 aliphatic heterocycles. The number of thioether (sulfide) groups is 1. The molecule has 1 aromatic heterocycles. The Hall–Kier alpha value is -2.52. The normalized spacial score (nSPS) is 15.6. The molecule has 3 rings (SSSR count). The standard InChI is InChI=1S/C21H24N2O5S2/c1-4-28-20(25)13-29-12-19(24)23-16(11-15(22-23)18-9-6-10-30-18)14-7-5-8-17(26-2)21(14)27-3/h5-10,16H,4,11-13H2,1-3H3/t16-/m1/s1. The van der Waals surface area contributed by atoms with Crippen LogP contribution in [0.5, 0.6) is 11.5 Å². The molecule has 0 radical (unpaired) electrons. The first kappa shape index (κ1) is 22.2. The number of rotatable bonds is 9. The van der Waals surface area contributed by atoms with Crippen molar-refractivity contribution in [1.82, 2.24) is 5.01 Å². The zero-order valence-corrected chi connectivity index (χ0v) is 18.8. The van der Waals surface area contributed by atoms with Gasteiger partial charge in [0.15, 0.2) is 11.5 Å². The van der Waals surface area contributed by atoms with Crippen LogP contribution in [0.25, 0.3) is 0 Å². The summed E-state index contributed by atoms with van der Waals surface area (Å²) in [7, 11) is 3.16. The molecule has 0 saturated heterocycles. The molecule has 2 heterocycles. The summed E-state index contributed by atoms with van der Waals surface area (Å²) in [6.45, 7) is 2.08. The average Bonchev–Trinajstić information content (AvgIpc) is 3.43. The fourth-order valence-electron chi connectivity index (χ4n) is 3.24. The lowest BCUT2D eigenvalue weighted by atomic mass is 9.99. The molecule has 1 aliphatic rings. The van der Waals surface area contributed by atoms with Gasteiger partial charge in [-0.05, 0) is 24.4 Å². The first-order chi connectivity index (χ1) is 14.6. The molecule has 160 valence electrons. The Bertz CT molecular complexity index is 914. The molecule has 0 bridgehead atoms. The third-order valence-corrected chi connectivity index (χ3v) is 6.32. The Morgan fingerprint density at radius 2 is 2.03 bits per heavy atom. The zero-order valence-electron chi connectivity index (χ0n) is 17.1. The molecule has 1 atom stereocenters. The number of carbonyl (C=O) groups is 2. The number of hydrogen-bond donors (Lipinski definition) is 0. The molecule has 0 aliphatic carbocycles. The molecular weight excluding hydrogens is 424 g/mol. The van der Waals surface area contributed by atoms with Crippen LogP contribution < -0.4 is 9.47 Å². The van der Waals surface area contributed by atoms with Gasteiger partial charge in [-0.15, -0.1) is 23.1 Å². The number of ether oxygens (including phenoxy) is 3. The van der Waals surface area contributed by atoms with Crippen molar-refractivity contribution in [1.29, 1.82) is 0 Å². The van der Waals surface area contributed by atoms with E-state index >= 15 is 0 Å². The summed E-state index contributed by atoms with van der Waals surface area (Å²) in [5.74, 6) is 0.940. The van der Waals surface area contributed by atoms with Crippen LogP contribution >= 0.6 is 23.1 Å². The molecule has 0 saturated carbocycles. The number of amides is 1. The van der Waals surface area contributed by atoms with E-state index in [9.17, 15) is 9.59 Å². The Morgan fingerprint density at radius 1 is 1.20 bits per heavy atom. The van der Waals surface area contributed by atoms with Crippen LogP contribution in [0.2, 0.25) is 0 Å². The van der Waals surface area contributed by atoms with Gasteiger partial charge in [-0.3, -0.25) is 9.59 Å². The van der Waals surface area contributed by atoms with E-state index in [0.717, 1.165) is 16.2 Å². The van der Waals surface area contributed by atoms with Gasteiger partial charge in [-0.2, -0.15) is 5.10 Å². The molecule has 0 N–H and O–H groups in total. The molecule has 0 fully saturated rings. The van der Waals surface area contributed by atoms with Gasteiger partial charge in [0.05, 0.1) is 49.0 Å². The van der Waals surface area contributed by atoms with E-state index in [1.165, 1.54) is 16.8 Å². The Labute approximate surface area is 184 Å². The third kappa shape index (κ3) is 4.96. The van der Waals surface area contributed by atoms with Crippen molar-refractivity contribution in [3.05, 3.63) is 46.2 Å². The molecular formula is C21H24N2O5S2. The SMILES string of the molecule is CCOC(=O)CSCC(=O)N1N=C(c2cccs2)C[C@@H]1c1cccc(OC)c1OC. The van der Waals surface area contributed by atoms with E-state index in [0.29, 0.717) is 24.5 Å². The average molecular weight is 449 g/mol. The van der Waals surface area contributed by atoms with Gasteiger partial charge in [0.25, 0.3) is 5.91 Å². The second-order valence-corrected chi connectivity index (χ2v) is 8.30. The lowest BCUT2D eigenvalue weighted by Gasteiger charge is -2.24. The Morgan fingerprint density at radius 3 is 2.70 bits per heavy atom. The Kier molecular flexibility index (Phi) is 7.75. The second-order valence-electron chi connectivity index (χ2n) is 6.36. The Balaban J connectivity index is 1.85. The minimum atomic E-state index is -0.328. The first-order valence-electron chi connectivity index (χ1n) is 9.46. The highest BCUT2D eigenvalue weighted by molar-refractivity contribution is 8.00.